The lowest BCUT2D eigenvalue weighted by molar-refractivity contribution is -0.121. The number of carbonyl (C=O) groups excluding carboxylic acids is 1. The van der Waals surface area contributed by atoms with Crippen molar-refractivity contribution in [2.24, 2.45) is 14.1 Å². The Morgan fingerprint density at radius 3 is 2.61 bits per heavy atom. The first kappa shape index (κ1) is 18.0. The number of hydrogen-bond acceptors (Lipinski definition) is 5. The SMILES string of the molecule is COc1ccc([C@@H]2C[C@@H]2NC(=O)Cn2cnc3c2c(=O)n(C)c(=O)n3C)cc1. The summed E-state index contributed by atoms with van der Waals surface area (Å²) in [6.07, 6.45) is 2.29. The fourth-order valence-electron chi connectivity index (χ4n) is 3.50. The molecule has 146 valence electrons. The van der Waals surface area contributed by atoms with Gasteiger partial charge >= 0.3 is 5.69 Å². The van der Waals surface area contributed by atoms with Gasteiger partial charge in [0.25, 0.3) is 5.56 Å². The van der Waals surface area contributed by atoms with Crippen molar-refractivity contribution in [2.45, 2.75) is 24.9 Å². The lowest BCUT2D eigenvalue weighted by atomic mass is 10.1. The molecule has 0 aliphatic heterocycles. The summed E-state index contributed by atoms with van der Waals surface area (Å²) in [5.74, 6) is 0.882. The van der Waals surface area contributed by atoms with Crippen molar-refractivity contribution >= 4 is 17.1 Å². The van der Waals surface area contributed by atoms with Crippen molar-refractivity contribution in [1.29, 1.82) is 0 Å². The number of nitrogens with one attached hydrogen (secondary N) is 1. The van der Waals surface area contributed by atoms with Gasteiger partial charge in [-0.2, -0.15) is 0 Å². The molecule has 1 N–H and O–H groups in total. The maximum Gasteiger partial charge on any atom is 0.332 e. The monoisotopic (exact) mass is 383 g/mol. The maximum absolute atomic E-state index is 12.5. The number of hydrogen-bond donors (Lipinski definition) is 1. The third-order valence-corrected chi connectivity index (χ3v) is 5.21. The Bertz CT molecular complexity index is 1170. The van der Waals surface area contributed by atoms with Gasteiger partial charge in [0.2, 0.25) is 5.91 Å². The predicted molar refractivity (Wildman–Crippen MR) is 102 cm³/mol. The van der Waals surface area contributed by atoms with Crippen LogP contribution in [0.4, 0.5) is 0 Å². The molecule has 4 rings (SSSR count). The van der Waals surface area contributed by atoms with Crippen LogP contribution in [0.3, 0.4) is 0 Å². The minimum absolute atomic E-state index is 0.0320. The Morgan fingerprint density at radius 1 is 1.21 bits per heavy atom. The molecule has 9 heteroatoms. The molecule has 0 radical (unpaired) electrons. The summed E-state index contributed by atoms with van der Waals surface area (Å²) in [6, 6.07) is 7.89. The van der Waals surface area contributed by atoms with Crippen LogP contribution in [0.15, 0.2) is 40.2 Å². The molecule has 1 saturated carbocycles. The van der Waals surface area contributed by atoms with E-state index in [1.165, 1.54) is 22.5 Å². The topological polar surface area (TPSA) is 100 Å². The summed E-state index contributed by atoms with van der Waals surface area (Å²) >= 11 is 0. The average Bonchev–Trinajstić information content (AvgIpc) is 3.33. The highest BCUT2D eigenvalue weighted by Crippen LogP contribution is 2.41. The number of imidazole rings is 1. The first-order valence-corrected chi connectivity index (χ1v) is 8.95. The zero-order valence-electron chi connectivity index (χ0n) is 15.9. The minimum Gasteiger partial charge on any atom is -0.497 e. The van der Waals surface area contributed by atoms with E-state index in [1.54, 1.807) is 14.2 Å². The number of fused-ring (bicyclic) bond motifs is 1. The molecule has 1 aliphatic carbocycles. The lowest BCUT2D eigenvalue weighted by Crippen LogP contribution is -2.38. The van der Waals surface area contributed by atoms with Crippen LogP contribution in [0, 0.1) is 0 Å². The lowest BCUT2D eigenvalue weighted by Gasteiger charge is -2.08. The fourth-order valence-corrected chi connectivity index (χ4v) is 3.50. The molecule has 1 aliphatic rings. The highest BCUT2D eigenvalue weighted by molar-refractivity contribution is 5.79. The van der Waals surface area contributed by atoms with E-state index in [-0.39, 0.29) is 35.6 Å². The Morgan fingerprint density at radius 2 is 1.93 bits per heavy atom. The first-order chi connectivity index (χ1) is 13.4. The fraction of sp³-hybridized carbons (Fsp3) is 0.368. The second-order valence-corrected chi connectivity index (χ2v) is 7.04. The number of carbonyl (C=O) groups is 1. The number of aromatic nitrogens is 4. The molecule has 0 unspecified atom stereocenters. The van der Waals surface area contributed by atoms with Crippen molar-refractivity contribution in [2.75, 3.05) is 7.11 Å². The van der Waals surface area contributed by atoms with E-state index in [0.29, 0.717) is 0 Å². The molecule has 2 heterocycles. The Kier molecular flexibility index (Phi) is 4.29. The second kappa shape index (κ2) is 6.66. The summed E-state index contributed by atoms with van der Waals surface area (Å²) in [7, 11) is 4.58. The van der Waals surface area contributed by atoms with Crippen molar-refractivity contribution in [3.8, 4) is 5.75 Å². The van der Waals surface area contributed by atoms with Crippen LogP contribution < -0.4 is 21.3 Å². The highest BCUT2D eigenvalue weighted by Gasteiger charge is 2.39. The van der Waals surface area contributed by atoms with Crippen molar-refractivity contribution in [1.82, 2.24) is 24.0 Å². The van der Waals surface area contributed by atoms with E-state index in [0.717, 1.165) is 22.3 Å². The van der Waals surface area contributed by atoms with E-state index in [9.17, 15) is 14.4 Å². The summed E-state index contributed by atoms with van der Waals surface area (Å²) in [5, 5.41) is 3.00. The third kappa shape index (κ3) is 2.98. The molecular weight excluding hydrogens is 362 g/mol. The van der Waals surface area contributed by atoms with Crippen molar-refractivity contribution in [3.05, 3.63) is 57.0 Å². The van der Waals surface area contributed by atoms with Crippen molar-refractivity contribution in [3.63, 3.8) is 0 Å². The molecule has 2 aromatic heterocycles. The van der Waals surface area contributed by atoms with E-state index >= 15 is 0 Å². The molecule has 28 heavy (non-hydrogen) atoms. The van der Waals surface area contributed by atoms with Gasteiger partial charge in [0.15, 0.2) is 11.2 Å². The summed E-state index contributed by atoms with van der Waals surface area (Å²) in [6.45, 7) is -0.0320. The van der Waals surface area contributed by atoms with Gasteiger partial charge in [-0.1, -0.05) is 12.1 Å². The largest absolute Gasteiger partial charge is 0.497 e. The number of benzene rings is 1. The summed E-state index contributed by atoms with van der Waals surface area (Å²) < 4.78 is 8.96. The second-order valence-electron chi connectivity index (χ2n) is 7.04. The van der Waals surface area contributed by atoms with Gasteiger partial charge in [-0.05, 0) is 24.1 Å². The maximum atomic E-state index is 12.5. The van der Waals surface area contributed by atoms with Crippen LogP contribution in [0.2, 0.25) is 0 Å². The Balaban J connectivity index is 1.48. The van der Waals surface area contributed by atoms with Crippen LogP contribution in [0.1, 0.15) is 17.9 Å². The van der Waals surface area contributed by atoms with Crippen LogP contribution >= 0.6 is 0 Å². The number of aryl methyl sites for hydroxylation is 1. The molecule has 1 fully saturated rings. The van der Waals surface area contributed by atoms with Gasteiger partial charge in [0.1, 0.15) is 12.3 Å². The molecule has 0 bridgehead atoms. The van der Waals surface area contributed by atoms with Gasteiger partial charge in [-0.3, -0.25) is 18.7 Å². The minimum atomic E-state index is -0.467. The van der Waals surface area contributed by atoms with Crippen molar-refractivity contribution < 1.29 is 9.53 Å². The number of amides is 1. The smallest absolute Gasteiger partial charge is 0.332 e. The average molecular weight is 383 g/mol. The molecule has 0 saturated heterocycles. The Labute approximate surface area is 160 Å². The molecule has 3 aromatic rings. The van der Waals surface area contributed by atoms with Gasteiger partial charge in [0, 0.05) is 26.1 Å². The quantitative estimate of drug-likeness (QED) is 0.674. The normalized spacial score (nSPS) is 18.2. The van der Waals surface area contributed by atoms with Crippen LogP contribution in [0.5, 0.6) is 5.75 Å². The van der Waals surface area contributed by atoms with Crippen LogP contribution in [0.25, 0.3) is 11.2 Å². The highest BCUT2D eigenvalue weighted by atomic mass is 16.5. The van der Waals surface area contributed by atoms with E-state index in [4.69, 9.17) is 4.74 Å². The number of rotatable bonds is 5. The van der Waals surface area contributed by atoms with Gasteiger partial charge in [-0.15, -0.1) is 0 Å². The van der Waals surface area contributed by atoms with Gasteiger partial charge in [0.05, 0.1) is 13.4 Å². The molecule has 1 amide bonds. The molecular formula is C19H21N5O4. The van der Waals surface area contributed by atoms with Crippen LogP contribution in [-0.4, -0.2) is 37.7 Å². The number of nitrogens with zero attached hydrogens (tertiary/aromatic N) is 4. The predicted octanol–water partition coefficient (Wildman–Crippen LogP) is 0.115. The standard InChI is InChI=1S/C19H21N5O4/c1-22-17-16(18(26)23(2)19(22)27)24(10-20-17)9-15(25)21-14-8-13(14)11-4-6-12(28-3)7-5-11/h4-7,10,13-14H,8-9H2,1-3H3,(H,21,25)/t13-,14-/m0/s1. The summed E-state index contributed by atoms with van der Waals surface area (Å²) in [5.41, 5.74) is 0.743. The van der Waals surface area contributed by atoms with Gasteiger partial charge < -0.3 is 14.6 Å². The number of methoxy groups -OCH3 is 1. The molecule has 2 atom stereocenters. The first-order valence-electron chi connectivity index (χ1n) is 8.95. The Hall–Kier alpha value is -3.36. The molecule has 1 aromatic carbocycles. The zero-order valence-corrected chi connectivity index (χ0v) is 15.9. The molecule has 9 nitrogen and oxygen atoms in total. The van der Waals surface area contributed by atoms with E-state index < -0.39 is 11.2 Å². The molecule has 0 spiro atoms. The number of ether oxygens (including phenoxy) is 1. The third-order valence-electron chi connectivity index (χ3n) is 5.21. The van der Waals surface area contributed by atoms with E-state index in [2.05, 4.69) is 10.3 Å². The van der Waals surface area contributed by atoms with Crippen LogP contribution in [-0.2, 0) is 25.4 Å². The zero-order chi connectivity index (χ0) is 20.0. The summed E-state index contributed by atoms with van der Waals surface area (Å²) in [4.78, 5) is 41.0. The van der Waals surface area contributed by atoms with E-state index in [1.807, 2.05) is 24.3 Å². The van der Waals surface area contributed by atoms with Gasteiger partial charge in [-0.25, -0.2) is 9.78 Å².